The Kier molecular flexibility index (Phi) is 4.44. The van der Waals surface area contributed by atoms with Crippen LogP contribution in [-0.4, -0.2) is 35.8 Å². The number of nitrogens with zero attached hydrogens (tertiary/aromatic N) is 1. The van der Waals surface area contributed by atoms with Crippen molar-refractivity contribution in [2.24, 2.45) is 11.8 Å². The fourth-order valence-electron chi connectivity index (χ4n) is 5.12. The summed E-state index contributed by atoms with van der Waals surface area (Å²) in [6.45, 7) is 0. The summed E-state index contributed by atoms with van der Waals surface area (Å²) >= 11 is 1.63. The van der Waals surface area contributed by atoms with Crippen molar-refractivity contribution >= 4 is 40.9 Å². The molecule has 2 aromatic rings. The predicted molar refractivity (Wildman–Crippen MR) is 113 cm³/mol. The molecule has 1 spiro atoms. The first-order valence-electron chi connectivity index (χ1n) is 9.80. The van der Waals surface area contributed by atoms with E-state index in [9.17, 15) is 18.8 Å². The topological polar surface area (TPSA) is 78.5 Å². The number of thioether (sulfide) groups is 1. The van der Waals surface area contributed by atoms with Gasteiger partial charge in [0.15, 0.2) is 0 Å². The Balaban J connectivity index is 1.66. The summed E-state index contributed by atoms with van der Waals surface area (Å²) in [5.41, 5.74) is -0.110. The molecule has 3 heterocycles. The molecule has 2 aromatic carbocycles. The molecule has 6 nitrogen and oxygen atoms in total. The highest BCUT2D eigenvalue weighted by atomic mass is 32.2. The Bertz CT molecular complexity index is 1080. The van der Waals surface area contributed by atoms with E-state index in [2.05, 4.69) is 10.6 Å². The number of nitrogens with one attached hydrogen (secondary N) is 2. The number of rotatable bonds is 4. The van der Waals surface area contributed by atoms with Gasteiger partial charge in [0.05, 0.1) is 17.5 Å². The number of carbonyl (C=O) groups is 3. The van der Waals surface area contributed by atoms with Crippen LogP contribution in [0.2, 0.25) is 0 Å². The third-order valence-corrected chi connectivity index (χ3v) is 6.99. The molecule has 8 heteroatoms. The molecule has 0 bridgehead atoms. The maximum absolute atomic E-state index is 14.5. The summed E-state index contributed by atoms with van der Waals surface area (Å²) < 4.78 is 14.5. The number of amides is 3. The van der Waals surface area contributed by atoms with Crippen LogP contribution in [-0.2, 0) is 19.9 Å². The van der Waals surface area contributed by atoms with E-state index in [0.717, 1.165) is 10.7 Å². The van der Waals surface area contributed by atoms with Crippen molar-refractivity contribution in [2.45, 2.75) is 18.0 Å². The Labute approximate surface area is 177 Å². The summed E-state index contributed by atoms with van der Waals surface area (Å²) in [4.78, 5) is 41.2. The van der Waals surface area contributed by atoms with Crippen LogP contribution >= 0.6 is 11.8 Å². The molecule has 4 unspecified atom stereocenters. The van der Waals surface area contributed by atoms with Gasteiger partial charge in [-0.25, -0.2) is 9.29 Å². The molecule has 2 fully saturated rings. The lowest BCUT2D eigenvalue weighted by Crippen LogP contribution is -2.53. The van der Waals surface area contributed by atoms with Gasteiger partial charge in [0.2, 0.25) is 17.7 Å². The van der Waals surface area contributed by atoms with E-state index in [-0.39, 0.29) is 17.6 Å². The zero-order valence-electron chi connectivity index (χ0n) is 16.2. The molecule has 5 rings (SSSR count). The van der Waals surface area contributed by atoms with E-state index in [4.69, 9.17) is 0 Å². The van der Waals surface area contributed by atoms with Crippen molar-refractivity contribution in [2.75, 3.05) is 22.2 Å². The van der Waals surface area contributed by atoms with Crippen molar-refractivity contribution in [1.82, 2.24) is 5.32 Å². The second kappa shape index (κ2) is 6.92. The van der Waals surface area contributed by atoms with Crippen LogP contribution in [0.15, 0.2) is 48.5 Å². The SMILES string of the molecule is CSCCC1NC2(C(=O)Nc3ccccc32)C2C(=O)N(c3ccccc3F)C(=O)C12. The maximum atomic E-state index is 14.5. The van der Waals surface area contributed by atoms with Crippen molar-refractivity contribution < 1.29 is 18.8 Å². The summed E-state index contributed by atoms with van der Waals surface area (Å²) in [6, 6.07) is 12.6. The van der Waals surface area contributed by atoms with Gasteiger partial charge in [-0.15, -0.1) is 0 Å². The fraction of sp³-hybridized carbons (Fsp3) is 0.318. The molecule has 2 N–H and O–H groups in total. The van der Waals surface area contributed by atoms with Gasteiger partial charge in [0.1, 0.15) is 11.4 Å². The molecule has 0 radical (unpaired) electrons. The van der Waals surface area contributed by atoms with Gasteiger partial charge in [0, 0.05) is 17.3 Å². The molecular formula is C22H20FN3O3S. The highest BCUT2D eigenvalue weighted by molar-refractivity contribution is 7.98. The Morgan fingerprint density at radius 1 is 1.07 bits per heavy atom. The van der Waals surface area contributed by atoms with E-state index >= 15 is 0 Å². The molecule has 4 atom stereocenters. The van der Waals surface area contributed by atoms with Gasteiger partial charge in [-0.05, 0) is 36.6 Å². The largest absolute Gasteiger partial charge is 0.324 e. The highest BCUT2D eigenvalue weighted by Crippen LogP contribution is 2.54. The van der Waals surface area contributed by atoms with Crippen molar-refractivity contribution in [3.63, 3.8) is 0 Å². The molecule has 0 aliphatic carbocycles. The van der Waals surface area contributed by atoms with E-state index in [0.29, 0.717) is 17.7 Å². The number of carbonyl (C=O) groups excluding carboxylic acids is 3. The molecule has 2 saturated heterocycles. The molecule has 0 saturated carbocycles. The van der Waals surface area contributed by atoms with Gasteiger partial charge in [-0.2, -0.15) is 11.8 Å². The third-order valence-electron chi connectivity index (χ3n) is 6.35. The van der Waals surface area contributed by atoms with Gasteiger partial charge >= 0.3 is 0 Å². The van der Waals surface area contributed by atoms with Crippen molar-refractivity contribution in [3.05, 3.63) is 59.9 Å². The van der Waals surface area contributed by atoms with Crippen LogP contribution in [0.4, 0.5) is 15.8 Å². The predicted octanol–water partition coefficient (Wildman–Crippen LogP) is 2.50. The van der Waals surface area contributed by atoms with Gasteiger partial charge in [-0.3, -0.25) is 19.7 Å². The highest BCUT2D eigenvalue weighted by Gasteiger charge is 2.70. The number of anilines is 2. The number of para-hydroxylation sites is 2. The lowest BCUT2D eigenvalue weighted by atomic mass is 9.76. The first kappa shape index (κ1) is 19.3. The van der Waals surface area contributed by atoms with Crippen LogP contribution in [0.1, 0.15) is 12.0 Å². The van der Waals surface area contributed by atoms with E-state index in [1.165, 1.54) is 18.2 Å². The molecule has 3 aliphatic heterocycles. The van der Waals surface area contributed by atoms with E-state index in [1.54, 1.807) is 30.0 Å². The van der Waals surface area contributed by atoms with Gasteiger partial charge in [0.25, 0.3) is 0 Å². The normalized spacial score (nSPS) is 29.5. The Morgan fingerprint density at radius 2 is 1.80 bits per heavy atom. The number of halogens is 1. The quantitative estimate of drug-likeness (QED) is 0.736. The first-order chi connectivity index (χ1) is 14.5. The van der Waals surface area contributed by atoms with Crippen molar-refractivity contribution in [1.29, 1.82) is 0 Å². The van der Waals surface area contributed by atoms with Crippen molar-refractivity contribution in [3.8, 4) is 0 Å². The van der Waals surface area contributed by atoms with E-state index in [1.807, 2.05) is 18.4 Å². The average Bonchev–Trinajstić information content (AvgIpc) is 3.32. The van der Waals surface area contributed by atoms with Crippen LogP contribution in [0.5, 0.6) is 0 Å². The molecule has 154 valence electrons. The van der Waals surface area contributed by atoms with E-state index < -0.39 is 35.0 Å². The number of benzene rings is 2. The first-order valence-corrected chi connectivity index (χ1v) is 11.2. The second-order valence-corrected chi connectivity index (χ2v) is 8.79. The lowest BCUT2D eigenvalue weighted by molar-refractivity contribution is -0.130. The number of imide groups is 1. The minimum Gasteiger partial charge on any atom is -0.324 e. The smallest absolute Gasteiger partial charge is 0.250 e. The second-order valence-electron chi connectivity index (χ2n) is 7.81. The van der Waals surface area contributed by atoms with Crippen LogP contribution < -0.4 is 15.5 Å². The molecule has 30 heavy (non-hydrogen) atoms. The third kappa shape index (κ3) is 2.43. The monoisotopic (exact) mass is 425 g/mol. The molecule has 0 aromatic heterocycles. The number of hydrogen-bond acceptors (Lipinski definition) is 5. The summed E-state index contributed by atoms with van der Waals surface area (Å²) in [7, 11) is 0. The van der Waals surface area contributed by atoms with Crippen LogP contribution in [0.3, 0.4) is 0 Å². The van der Waals surface area contributed by atoms with Crippen LogP contribution in [0, 0.1) is 17.7 Å². The summed E-state index contributed by atoms with van der Waals surface area (Å²) in [5, 5.41) is 6.23. The minimum atomic E-state index is -1.34. The lowest BCUT2D eigenvalue weighted by Gasteiger charge is -2.29. The molecule has 3 aliphatic rings. The zero-order valence-corrected chi connectivity index (χ0v) is 17.0. The summed E-state index contributed by atoms with van der Waals surface area (Å²) in [5.74, 6) is -2.88. The fourth-order valence-corrected chi connectivity index (χ4v) is 5.61. The van der Waals surface area contributed by atoms with Crippen LogP contribution in [0.25, 0.3) is 0 Å². The summed E-state index contributed by atoms with van der Waals surface area (Å²) in [6.07, 6.45) is 2.58. The minimum absolute atomic E-state index is 0.0626. The molecule has 3 amide bonds. The zero-order chi connectivity index (χ0) is 21.0. The number of fused-ring (bicyclic) bond motifs is 4. The maximum Gasteiger partial charge on any atom is 0.250 e. The number of hydrogen-bond donors (Lipinski definition) is 2. The Morgan fingerprint density at radius 3 is 2.57 bits per heavy atom. The van der Waals surface area contributed by atoms with Gasteiger partial charge in [-0.1, -0.05) is 30.3 Å². The average molecular weight is 425 g/mol. The van der Waals surface area contributed by atoms with Gasteiger partial charge < -0.3 is 5.32 Å². The molecular weight excluding hydrogens is 405 g/mol. The standard InChI is InChI=1S/C22H20FN3O3S/c1-30-11-10-15-17-18(20(28)26(19(17)27)16-9-5-3-7-13(16)23)22(25-15)12-6-2-4-8-14(12)24-21(22)29/h2-9,15,17-18,25H,10-11H2,1H3,(H,24,29). The Hall–Kier alpha value is -2.71.